The zero-order valence-electron chi connectivity index (χ0n) is 10.4. The van der Waals surface area contributed by atoms with E-state index in [2.05, 4.69) is 15.2 Å². The van der Waals surface area contributed by atoms with Crippen molar-refractivity contribution in [3.63, 3.8) is 0 Å². The molecule has 0 saturated heterocycles. The average molecular weight is 298 g/mol. The van der Waals surface area contributed by atoms with Crippen molar-refractivity contribution in [1.29, 1.82) is 0 Å². The smallest absolute Gasteiger partial charge is 0.195 e. The summed E-state index contributed by atoms with van der Waals surface area (Å²) in [5.74, 6) is 0.830. The SMILES string of the molecule is CS(=O)(=O)CCCn1c(-c2ccncc2)n[nH]c1=S. The van der Waals surface area contributed by atoms with Crippen LogP contribution in [0.3, 0.4) is 0 Å². The summed E-state index contributed by atoms with van der Waals surface area (Å²) >= 11 is 5.16. The first kappa shape index (κ1) is 13.9. The molecule has 2 aromatic heterocycles. The van der Waals surface area contributed by atoms with Crippen molar-refractivity contribution in [2.75, 3.05) is 12.0 Å². The summed E-state index contributed by atoms with van der Waals surface area (Å²) in [5, 5.41) is 6.90. The van der Waals surface area contributed by atoms with Crippen LogP contribution in [-0.4, -0.2) is 40.2 Å². The molecule has 6 nitrogen and oxygen atoms in total. The fourth-order valence-electron chi connectivity index (χ4n) is 1.73. The van der Waals surface area contributed by atoms with E-state index in [0.717, 1.165) is 5.56 Å². The van der Waals surface area contributed by atoms with Crippen LogP contribution < -0.4 is 0 Å². The highest BCUT2D eigenvalue weighted by atomic mass is 32.2. The van der Waals surface area contributed by atoms with E-state index < -0.39 is 9.84 Å². The summed E-state index contributed by atoms with van der Waals surface area (Å²) in [4.78, 5) is 3.95. The van der Waals surface area contributed by atoms with E-state index in [9.17, 15) is 8.42 Å². The lowest BCUT2D eigenvalue weighted by Gasteiger charge is -2.06. The summed E-state index contributed by atoms with van der Waals surface area (Å²) < 4.78 is 24.6. The second kappa shape index (κ2) is 5.62. The molecule has 0 atom stereocenters. The Hall–Kier alpha value is -1.54. The van der Waals surface area contributed by atoms with Gasteiger partial charge >= 0.3 is 0 Å². The van der Waals surface area contributed by atoms with Gasteiger partial charge in [-0.1, -0.05) is 0 Å². The summed E-state index contributed by atoms with van der Waals surface area (Å²) in [5.41, 5.74) is 0.890. The highest BCUT2D eigenvalue weighted by Crippen LogP contribution is 2.16. The topological polar surface area (TPSA) is 80.6 Å². The molecule has 8 heteroatoms. The van der Waals surface area contributed by atoms with Gasteiger partial charge in [0.1, 0.15) is 9.84 Å². The minimum atomic E-state index is -2.96. The lowest BCUT2D eigenvalue weighted by Crippen LogP contribution is -2.08. The maximum absolute atomic E-state index is 11.1. The molecular weight excluding hydrogens is 284 g/mol. The highest BCUT2D eigenvalue weighted by Gasteiger charge is 2.09. The molecule has 2 rings (SSSR count). The number of hydrogen-bond donors (Lipinski definition) is 1. The van der Waals surface area contributed by atoms with Crippen molar-refractivity contribution in [3.8, 4) is 11.4 Å². The van der Waals surface area contributed by atoms with Gasteiger partial charge in [-0.25, -0.2) is 8.42 Å². The van der Waals surface area contributed by atoms with Gasteiger partial charge in [-0.3, -0.25) is 10.1 Å². The molecule has 0 saturated carbocycles. The van der Waals surface area contributed by atoms with Crippen molar-refractivity contribution in [2.45, 2.75) is 13.0 Å². The van der Waals surface area contributed by atoms with Crippen molar-refractivity contribution < 1.29 is 8.42 Å². The molecule has 0 spiro atoms. The molecule has 0 unspecified atom stereocenters. The Labute approximate surface area is 116 Å². The number of hydrogen-bond acceptors (Lipinski definition) is 5. The van der Waals surface area contributed by atoms with Crippen LogP contribution in [-0.2, 0) is 16.4 Å². The van der Waals surface area contributed by atoms with Crippen molar-refractivity contribution in [2.24, 2.45) is 0 Å². The number of pyridine rings is 1. The third-order valence-corrected chi connectivity index (χ3v) is 3.94. The number of nitrogens with one attached hydrogen (secondary N) is 1. The van der Waals surface area contributed by atoms with Crippen LogP contribution in [0.15, 0.2) is 24.5 Å². The molecule has 0 fully saturated rings. The molecule has 0 aromatic carbocycles. The van der Waals surface area contributed by atoms with E-state index in [-0.39, 0.29) is 5.75 Å². The number of H-pyrrole nitrogens is 1. The number of aromatic amines is 1. The van der Waals surface area contributed by atoms with E-state index in [1.54, 1.807) is 17.0 Å². The Balaban J connectivity index is 2.22. The Morgan fingerprint density at radius 3 is 2.68 bits per heavy atom. The van der Waals surface area contributed by atoms with Gasteiger partial charge in [0, 0.05) is 30.8 Å². The third kappa shape index (κ3) is 3.71. The van der Waals surface area contributed by atoms with E-state index in [0.29, 0.717) is 23.6 Å². The Morgan fingerprint density at radius 1 is 1.37 bits per heavy atom. The molecule has 102 valence electrons. The second-order valence-corrected chi connectivity index (χ2v) is 6.87. The minimum Gasteiger partial charge on any atom is -0.300 e. The molecular formula is C11H14N4O2S2. The van der Waals surface area contributed by atoms with E-state index in [4.69, 9.17) is 12.2 Å². The Kier molecular flexibility index (Phi) is 4.11. The van der Waals surface area contributed by atoms with Gasteiger partial charge in [-0.15, -0.1) is 0 Å². The van der Waals surface area contributed by atoms with Gasteiger partial charge in [0.15, 0.2) is 10.6 Å². The van der Waals surface area contributed by atoms with Crippen LogP contribution >= 0.6 is 12.2 Å². The molecule has 0 bridgehead atoms. The van der Waals surface area contributed by atoms with E-state index in [1.165, 1.54) is 6.26 Å². The van der Waals surface area contributed by atoms with Gasteiger partial charge in [-0.05, 0) is 30.8 Å². The predicted molar refractivity (Wildman–Crippen MR) is 75.0 cm³/mol. The number of nitrogens with zero attached hydrogens (tertiary/aromatic N) is 3. The zero-order valence-corrected chi connectivity index (χ0v) is 12.0. The maximum Gasteiger partial charge on any atom is 0.195 e. The molecule has 0 radical (unpaired) electrons. The third-order valence-electron chi connectivity index (χ3n) is 2.59. The number of aromatic nitrogens is 4. The first-order chi connectivity index (χ1) is 8.97. The van der Waals surface area contributed by atoms with Gasteiger partial charge in [0.25, 0.3) is 0 Å². The standard InChI is InChI=1S/C11H14N4O2S2/c1-19(16,17)8-2-7-15-10(13-14-11(15)18)9-3-5-12-6-4-9/h3-6H,2,7-8H2,1H3,(H,14,18). The summed E-state index contributed by atoms with van der Waals surface area (Å²) in [6.07, 6.45) is 5.08. The predicted octanol–water partition coefficient (Wildman–Crippen LogP) is 1.44. The molecule has 19 heavy (non-hydrogen) atoms. The fourth-order valence-corrected chi connectivity index (χ4v) is 2.61. The zero-order chi connectivity index (χ0) is 13.9. The quantitative estimate of drug-likeness (QED) is 0.845. The number of sulfone groups is 1. The van der Waals surface area contributed by atoms with Crippen molar-refractivity contribution in [3.05, 3.63) is 29.3 Å². The lowest BCUT2D eigenvalue weighted by molar-refractivity contribution is 0.591. The summed E-state index contributed by atoms with van der Waals surface area (Å²) in [7, 11) is -2.96. The molecule has 0 aliphatic heterocycles. The second-order valence-electron chi connectivity index (χ2n) is 4.22. The number of rotatable bonds is 5. The Bertz CT molecular complexity index is 704. The van der Waals surface area contributed by atoms with E-state index in [1.807, 2.05) is 12.1 Å². The van der Waals surface area contributed by atoms with E-state index >= 15 is 0 Å². The summed E-state index contributed by atoms with van der Waals surface area (Å²) in [6.45, 7) is 0.514. The van der Waals surface area contributed by atoms with Crippen molar-refractivity contribution in [1.82, 2.24) is 19.7 Å². The molecule has 2 aromatic rings. The lowest BCUT2D eigenvalue weighted by atomic mass is 10.2. The van der Waals surface area contributed by atoms with Crippen LogP contribution in [0.25, 0.3) is 11.4 Å². The first-order valence-corrected chi connectivity index (χ1v) is 8.17. The fraction of sp³-hybridized carbons (Fsp3) is 0.364. The minimum absolute atomic E-state index is 0.135. The average Bonchev–Trinajstić information content (AvgIpc) is 2.71. The first-order valence-electron chi connectivity index (χ1n) is 5.71. The molecule has 0 aliphatic carbocycles. The molecule has 1 N–H and O–H groups in total. The maximum atomic E-state index is 11.1. The normalized spacial score (nSPS) is 11.6. The monoisotopic (exact) mass is 298 g/mol. The van der Waals surface area contributed by atoms with Crippen LogP contribution in [0.5, 0.6) is 0 Å². The molecule has 0 aliphatic rings. The van der Waals surface area contributed by atoms with Gasteiger partial charge in [0.05, 0.1) is 5.75 Å². The van der Waals surface area contributed by atoms with Gasteiger partial charge in [-0.2, -0.15) is 5.10 Å². The van der Waals surface area contributed by atoms with Crippen LogP contribution in [0.2, 0.25) is 0 Å². The highest BCUT2D eigenvalue weighted by molar-refractivity contribution is 7.90. The molecule has 2 heterocycles. The van der Waals surface area contributed by atoms with Gasteiger partial charge in [0.2, 0.25) is 0 Å². The Morgan fingerprint density at radius 2 is 2.05 bits per heavy atom. The summed E-state index contributed by atoms with van der Waals surface area (Å²) in [6, 6.07) is 3.66. The van der Waals surface area contributed by atoms with Crippen LogP contribution in [0.1, 0.15) is 6.42 Å². The van der Waals surface area contributed by atoms with Crippen LogP contribution in [0.4, 0.5) is 0 Å². The molecule has 0 amide bonds. The largest absolute Gasteiger partial charge is 0.300 e. The van der Waals surface area contributed by atoms with Crippen LogP contribution in [0, 0.1) is 4.77 Å². The van der Waals surface area contributed by atoms with Gasteiger partial charge < -0.3 is 4.57 Å². The van der Waals surface area contributed by atoms with Crippen molar-refractivity contribution >= 4 is 22.1 Å².